The molecule has 0 fully saturated rings. The van der Waals surface area contributed by atoms with Crippen molar-refractivity contribution in [3.63, 3.8) is 0 Å². The number of amides is 4. The van der Waals surface area contributed by atoms with Crippen molar-refractivity contribution in [2.45, 2.75) is 116 Å². The summed E-state index contributed by atoms with van der Waals surface area (Å²) in [5.74, 6) is 5.87. The molecule has 0 spiro atoms. The van der Waals surface area contributed by atoms with Gasteiger partial charge < -0.3 is 77.1 Å². The van der Waals surface area contributed by atoms with E-state index in [4.69, 9.17) is 140 Å². The summed E-state index contributed by atoms with van der Waals surface area (Å²) in [6.07, 6.45) is 4.69. The van der Waals surface area contributed by atoms with Gasteiger partial charge in [0.15, 0.2) is 5.56 Å². The van der Waals surface area contributed by atoms with E-state index >= 15 is 0 Å². The maximum absolute atomic E-state index is 13.5. The molecule has 8 heterocycles. The van der Waals surface area contributed by atoms with E-state index in [0.29, 0.717) is 133 Å². The van der Waals surface area contributed by atoms with Gasteiger partial charge in [0.1, 0.15) is 64.4 Å². The van der Waals surface area contributed by atoms with Gasteiger partial charge >= 0.3 is 24.4 Å². The highest BCUT2D eigenvalue weighted by molar-refractivity contribution is 6.33. The second-order valence-corrected chi connectivity index (χ2v) is 38.9. The Balaban J connectivity index is 0.000000144. The van der Waals surface area contributed by atoms with E-state index in [1.165, 1.54) is 11.1 Å². The van der Waals surface area contributed by atoms with Crippen LogP contribution >= 0.6 is 92.8 Å². The number of rotatable bonds is 33. The lowest BCUT2D eigenvalue weighted by atomic mass is 9.92. The molecule has 754 valence electrons. The molecule has 10 aromatic carbocycles. The Kier molecular flexibility index (Phi) is 37.7. The van der Waals surface area contributed by atoms with Crippen molar-refractivity contribution in [3.8, 4) is 40.2 Å². The average Bonchev–Trinajstić information content (AvgIpc) is 1.62. The Labute approximate surface area is 874 Å². The molecule has 4 amide bonds. The lowest BCUT2D eigenvalue weighted by Gasteiger charge is -2.36. The molecule has 0 radical (unpaired) electrons. The van der Waals surface area contributed by atoms with Gasteiger partial charge in [-0.2, -0.15) is 0 Å². The van der Waals surface area contributed by atoms with Gasteiger partial charge in [-0.15, -0.1) is 23.2 Å². The Hall–Kier alpha value is -11.4. The summed E-state index contributed by atoms with van der Waals surface area (Å²) < 4.78 is 56.3. The van der Waals surface area contributed by atoms with Gasteiger partial charge in [-0.3, -0.25) is 19.6 Å². The zero-order chi connectivity index (χ0) is 101. The van der Waals surface area contributed by atoms with Crippen LogP contribution < -0.4 is 33.2 Å². The van der Waals surface area contributed by atoms with Gasteiger partial charge in [-0.1, -0.05) is 146 Å². The molecule has 0 saturated heterocycles. The number of ether oxygens (including phenoxy) is 10. The molecule has 14 aromatic rings. The lowest BCUT2D eigenvalue weighted by molar-refractivity contribution is 0.0654. The lowest BCUT2D eigenvalue weighted by Crippen LogP contribution is -2.42. The first-order valence-electron chi connectivity index (χ1n) is 48.5. The molecule has 5 atom stereocenters. The Bertz CT molecular complexity index is 6580. The quantitative estimate of drug-likeness (QED) is 0.0221. The fourth-order valence-electron chi connectivity index (χ4n) is 18.6. The number of nitrogens with zero attached hydrogens (tertiary/aromatic N) is 6. The summed E-state index contributed by atoms with van der Waals surface area (Å²) in [5.41, 5.74) is 15.8. The van der Waals surface area contributed by atoms with Crippen molar-refractivity contribution >= 4 is 161 Å². The third-order valence-corrected chi connectivity index (χ3v) is 28.2. The largest absolute Gasteiger partial charge is 0.497 e. The van der Waals surface area contributed by atoms with Gasteiger partial charge in [0, 0.05) is 162 Å². The predicted molar refractivity (Wildman–Crippen MR) is 572 cm³/mol. The van der Waals surface area contributed by atoms with Crippen molar-refractivity contribution in [1.29, 1.82) is 0 Å². The summed E-state index contributed by atoms with van der Waals surface area (Å²) in [5, 5.41) is 7.69. The smallest absolute Gasteiger partial charge is 0.416 e. The molecular formula is C111H120Cl8N10O14. The summed E-state index contributed by atoms with van der Waals surface area (Å²) >= 11 is 49.0. The highest BCUT2D eigenvalue weighted by Crippen LogP contribution is 2.47. The molecule has 4 N–H and O–H groups in total. The number of carbonyl (C=O) groups excluding carboxylic acids is 4. The van der Waals surface area contributed by atoms with Crippen LogP contribution in [0.4, 0.5) is 19.2 Å². The molecule has 4 aliphatic heterocycles. The van der Waals surface area contributed by atoms with Gasteiger partial charge in [0.2, 0.25) is 0 Å². The number of halogens is 8. The third-order valence-electron chi connectivity index (χ3n) is 25.9. The second kappa shape index (κ2) is 50.9. The third kappa shape index (κ3) is 26.5. The molecule has 4 aliphatic rings. The minimum atomic E-state index is -0.696. The SMILES string of the molecule is CC(C)C(Cl)OC(=O)N1CCc2c([nH]c3ccc(Cl)cc23)C1c1ccc(OCCCCl)cc1.CCN(CC)CCCOc1ccc(C2c3[nH]c4ccc(Cl)cc4c3CCN2C(=O)Oc2ccc(Cl)cc2)cc1.CCOC(=O)N1CCc2c([nH]c3ccc(Cl)cc23)C1c1ccc(OCCCN(C)CCOC)cc1.COc1ccc(OC(=O)N2CCc3c([nH]c4ccc(Cl)cc34)C2c2ccc(OCCCCl)cc2)cc1. The van der Waals surface area contributed by atoms with Gasteiger partial charge in [-0.25, -0.2) is 19.2 Å². The zero-order valence-corrected chi connectivity index (χ0v) is 87.4. The first kappa shape index (κ1) is 106. The Morgan fingerprint density at radius 1 is 0.371 bits per heavy atom. The van der Waals surface area contributed by atoms with Crippen molar-refractivity contribution < 1.29 is 66.5 Å². The molecule has 4 aromatic heterocycles. The first-order valence-corrected chi connectivity index (χ1v) is 51.9. The van der Waals surface area contributed by atoms with Crippen LogP contribution in [0.2, 0.25) is 25.1 Å². The zero-order valence-electron chi connectivity index (χ0n) is 81.3. The summed E-state index contributed by atoms with van der Waals surface area (Å²) in [7, 11) is 5.40. The number of nitrogens with one attached hydrogen (secondary N) is 4. The summed E-state index contributed by atoms with van der Waals surface area (Å²) in [4.78, 5) is 78.8. The van der Waals surface area contributed by atoms with E-state index in [2.05, 4.69) is 50.6 Å². The first-order chi connectivity index (χ1) is 69.4. The average molecular weight is 2100 g/mol. The number of alkyl halides is 3. The van der Waals surface area contributed by atoms with Gasteiger partial charge in [0.25, 0.3) is 0 Å². The number of aromatic nitrogens is 4. The number of carbonyl (C=O) groups is 4. The van der Waals surface area contributed by atoms with Crippen molar-refractivity contribution in [1.82, 2.24) is 49.3 Å². The maximum Gasteiger partial charge on any atom is 0.416 e. The summed E-state index contributed by atoms with van der Waals surface area (Å²) in [6.45, 7) is 20.6. The van der Waals surface area contributed by atoms with Crippen molar-refractivity contribution in [2.24, 2.45) is 5.92 Å². The van der Waals surface area contributed by atoms with E-state index in [-0.39, 0.29) is 36.2 Å². The van der Waals surface area contributed by atoms with Crippen LogP contribution in [-0.2, 0) is 39.9 Å². The molecule has 24 nitrogen and oxygen atoms in total. The summed E-state index contributed by atoms with van der Waals surface area (Å²) in [6, 6.07) is 67.4. The van der Waals surface area contributed by atoms with E-state index < -0.39 is 23.8 Å². The van der Waals surface area contributed by atoms with E-state index in [1.807, 2.05) is 191 Å². The number of hydrogen-bond acceptors (Lipinski definition) is 16. The predicted octanol–water partition coefficient (Wildman–Crippen LogP) is 27.1. The Morgan fingerprint density at radius 2 is 0.671 bits per heavy atom. The maximum atomic E-state index is 13.5. The molecule has 18 rings (SSSR count). The number of methoxy groups -OCH3 is 2. The van der Waals surface area contributed by atoms with Gasteiger partial charge in [0.05, 0.1) is 46.8 Å². The fraction of sp³-hybridized carbons (Fsp3) is 0.351. The van der Waals surface area contributed by atoms with Crippen LogP contribution in [0.25, 0.3) is 43.6 Å². The minimum absolute atomic E-state index is 0.00838. The fourth-order valence-corrected chi connectivity index (χ4v) is 19.7. The van der Waals surface area contributed by atoms with E-state index in [1.54, 1.807) is 82.4 Å². The minimum Gasteiger partial charge on any atom is -0.497 e. The number of aromatic amines is 4. The highest BCUT2D eigenvalue weighted by atomic mass is 35.5. The number of benzene rings is 10. The molecule has 32 heteroatoms. The number of likely N-dealkylation sites (N-methyl/N-ethyl adjacent to an activating group) is 1. The second-order valence-electron chi connectivity index (χ2n) is 35.5. The van der Waals surface area contributed by atoms with E-state index in [0.717, 1.165) is 194 Å². The topological polar surface area (TPSA) is 243 Å². The normalized spacial score (nSPS) is 15.5. The van der Waals surface area contributed by atoms with Crippen LogP contribution in [0.3, 0.4) is 0 Å². The molecule has 5 unspecified atom stereocenters. The Morgan fingerprint density at radius 3 is 0.986 bits per heavy atom. The van der Waals surface area contributed by atoms with Crippen LogP contribution in [0.15, 0.2) is 218 Å². The van der Waals surface area contributed by atoms with Crippen LogP contribution in [0.1, 0.15) is 152 Å². The highest BCUT2D eigenvalue weighted by Gasteiger charge is 2.42. The molecule has 0 saturated carbocycles. The van der Waals surface area contributed by atoms with Crippen LogP contribution in [0.5, 0.6) is 40.2 Å². The number of hydrogen-bond donors (Lipinski definition) is 4. The van der Waals surface area contributed by atoms with E-state index in [9.17, 15) is 19.2 Å². The van der Waals surface area contributed by atoms with Crippen molar-refractivity contribution in [3.05, 3.63) is 311 Å². The molecular weight excluding hydrogens is 1980 g/mol. The molecule has 0 bridgehead atoms. The number of fused-ring (bicyclic) bond motifs is 12. The molecule has 0 aliphatic carbocycles. The monoisotopic (exact) mass is 2100 g/mol. The van der Waals surface area contributed by atoms with Gasteiger partial charge in [-0.05, 0) is 293 Å². The van der Waals surface area contributed by atoms with Crippen LogP contribution in [0, 0.1) is 5.92 Å². The van der Waals surface area contributed by atoms with Crippen LogP contribution in [-0.4, -0.2) is 211 Å². The number of H-pyrrole nitrogens is 4. The molecule has 143 heavy (non-hydrogen) atoms. The standard InChI is InChI=1S/C31H33Cl2N3O3.C28H26Cl2N2O4.C27H34ClN3O4.C25H27Cl3N2O3/c1-3-35(4-2)17-5-19-38-24-11-6-21(7-12-24)30-29-26(27-20-23(33)10-15-28(27)34-29)16-18-36(30)31(37)39-25-13-8-22(32)9-14-25;1-34-20-8-10-22(11-9-20)36-28(33)32-15-13-23-24-17-19(30)5-12-25(24)31-26(23)27(32)18-3-6-21(7-4-18)35-16-2-14-29;1-4-34-27(32)31-14-12-22-23-18-20(28)8-11-24(23)29-25(22)26(31)19-6-9-21(10-7-19)35-16-5-13-30(2)15-17-33-3;1-15(2)24(28)33-25(31)30-12-10-19-20-14-17(27)6-9-21(20)29-22(19)23(30)16-4-7-18(8-5-16)32-13-3-11-26/h6-15,20,30,34H,3-5,16-19H2,1-2H3;3-12,17,27,31H,2,13-16H2,1H3;6-11,18,26,29H,4-5,12-17H2,1-3H3;4-9,14-15,23-24,29H,3,10-13H2,1-2H3. The van der Waals surface area contributed by atoms with Crippen molar-refractivity contribution in [2.75, 3.05) is 132 Å².